The van der Waals surface area contributed by atoms with Gasteiger partial charge in [-0.1, -0.05) is 20.3 Å². The molecule has 0 saturated heterocycles. The van der Waals surface area contributed by atoms with Gasteiger partial charge in [0.25, 0.3) is 0 Å². The number of hydrogen-bond acceptors (Lipinski definition) is 1. The van der Waals surface area contributed by atoms with Crippen LogP contribution >= 0.6 is 0 Å². The molecule has 3 saturated carbocycles. The van der Waals surface area contributed by atoms with Gasteiger partial charge in [0.05, 0.1) is 0 Å². The number of rotatable bonds is 4. The van der Waals surface area contributed by atoms with Gasteiger partial charge in [0, 0.05) is 12.1 Å². The molecule has 3 rings (SSSR count). The summed E-state index contributed by atoms with van der Waals surface area (Å²) in [4.78, 5) is 0. The minimum Gasteiger partial charge on any atom is -0.310 e. The molecule has 0 bridgehead atoms. The first-order chi connectivity index (χ1) is 7.75. The van der Waals surface area contributed by atoms with E-state index in [0.717, 1.165) is 35.8 Å². The van der Waals surface area contributed by atoms with Crippen molar-refractivity contribution >= 4 is 0 Å². The van der Waals surface area contributed by atoms with Gasteiger partial charge in [-0.15, -0.1) is 0 Å². The molecule has 0 radical (unpaired) electrons. The minimum absolute atomic E-state index is 0.819. The van der Waals surface area contributed by atoms with Gasteiger partial charge in [-0.05, 0) is 62.2 Å². The molecule has 16 heavy (non-hydrogen) atoms. The maximum absolute atomic E-state index is 4.08. The number of nitrogens with one attached hydrogen (secondary N) is 1. The first-order valence-corrected chi connectivity index (χ1v) is 7.51. The summed E-state index contributed by atoms with van der Waals surface area (Å²) in [6.45, 7) is 4.92. The zero-order chi connectivity index (χ0) is 11.1. The second kappa shape index (κ2) is 4.33. The lowest BCUT2D eigenvalue weighted by atomic mass is 9.78. The van der Waals surface area contributed by atoms with Crippen LogP contribution in [0.4, 0.5) is 0 Å². The summed E-state index contributed by atoms with van der Waals surface area (Å²) >= 11 is 0. The highest BCUT2D eigenvalue weighted by atomic mass is 15.0. The van der Waals surface area contributed by atoms with Crippen LogP contribution in [0.1, 0.15) is 58.8 Å². The molecule has 0 aromatic carbocycles. The highest BCUT2D eigenvalue weighted by Crippen LogP contribution is 2.45. The predicted octanol–water partition coefficient (Wildman–Crippen LogP) is 3.59. The molecule has 3 aliphatic rings. The van der Waals surface area contributed by atoms with Gasteiger partial charge in [0.2, 0.25) is 0 Å². The molecule has 0 aliphatic heterocycles. The molecule has 1 heteroatoms. The van der Waals surface area contributed by atoms with Crippen molar-refractivity contribution in [1.82, 2.24) is 5.32 Å². The van der Waals surface area contributed by atoms with Gasteiger partial charge >= 0.3 is 0 Å². The minimum atomic E-state index is 0.819. The Morgan fingerprint density at radius 3 is 1.75 bits per heavy atom. The molecule has 1 nitrogen and oxygen atoms in total. The summed E-state index contributed by atoms with van der Waals surface area (Å²) in [5.74, 6) is 3.91. The Labute approximate surface area is 100 Å². The van der Waals surface area contributed by atoms with Gasteiger partial charge in [-0.25, -0.2) is 0 Å². The maximum atomic E-state index is 4.08. The standard InChI is InChI=1S/C15H27N/c1-10-4-3-5-11(2)14(10)16-15(12-6-7-12)13-8-9-13/h10-16H,3-9H2,1-2H3. The molecule has 2 unspecified atom stereocenters. The lowest BCUT2D eigenvalue weighted by Crippen LogP contribution is -2.49. The Morgan fingerprint density at radius 1 is 0.812 bits per heavy atom. The van der Waals surface area contributed by atoms with E-state index in [9.17, 15) is 0 Å². The second-order valence-electron chi connectivity index (χ2n) is 6.78. The van der Waals surface area contributed by atoms with Crippen LogP contribution in [0.15, 0.2) is 0 Å². The van der Waals surface area contributed by atoms with Crippen LogP contribution in [-0.4, -0.2) is 12.1 Å². The van der Waals surface area contributed by atoms with E-state index in [1.165, 1.54) is 44.9 Å². The summed E-state index contributed by atoms with van der Waals surface area (Å²) in [5, 5.41) is 4.08. The first-order valence-electron chi connectivity index (χ1n) is 7.51. The van der Waals surface area contributed by atoms with E-state index in [-0.39, 0.29) is 0 Å². The van der Waals surface area contributed by atoms with E-state index in [1.54, 1.807) is 0 Å². The van der Waals surface area contributed by atoms with Gasteiger partial charge in [0.1, 0.15) is 0 Å². The van der Waals surface area contributed by atoms with Crippen LogP contribution in [0.5, 0.6) is 0 Å². The maximum Gasteiger partial charge on any atom is 0.0126 e. The van der Waals surface area contributed by atoms with Crippen LogP contribution in [-0.2, 0) is 0 Å². The van der Waals surface area contributed by atoms with Gasteiger partial charge < -0.3 is 5.32 Å². The van der Waals surface area contributed by atoms with Gasteiger partial charge in [-0.2, -0.15) is 0 Å². The molecular formula is C15H27N. The van der Waals surface area contributed by atoms with Crippen molar-refractivity contribution in [3.63, 3.8) is 0 Å². The molecule has 92 valence electrons. The monoisotopic (exact) mass is 221 g/mol. The lowest BCUT2D eigenvalue weighted by molar-refractivity contribution is 0.180. The molecule has 3 aliphatic carbocycles. The summed E-state index contributed by atoms with van der Waals surface area (Å²) in [6.07, 6.45) is 10.4. The third-order valence-electron chi connectivity index (χ3n) is 5.19. The fraction of sp³-hybridized carbons (Fsp3) is 1.00. The van der Waals surface area contributed by atoms with E-state index >= 15 is 0 Å². The summed E-state index contributed by atoms with van der Waals surface area (Å²) in [7, 11) is 0. The van der Waals surface area contributed by atoms with E-state index in [2.05, 4.69) is 19.2 Å². The molecule has 3 fully saturated rings. The molecule has 1 N–H and O–H groups in total. The molecule has 2 atom stereocenters. The second-order valence-corrected chi connectivity index (χ2v) is 6.78. The van der Waals surface area contributed by atoms with Crippen LogP contribution < -0.4 is 5.32 Å². The van der Waals surface area contributed by atoms with Crippen LogP contribution in [0.2, 0.25) is 0 Å². The van der Waals surface area contributed by atoms with Crippen molar-refractivity contribution in [3.05, 3.63) is 0 Å². The fourth-order valence-corrected chi connectivity index (χ4v) is 3.80. The van der Waals surface area contributed by atoms with Crippen LogP contribution in [0, 0.1) is 23.7 Å². The normalized spacial score (nSPS) is 40.3. The van der Waals surface area contributed by atoms with Gasteiger partial charge in [0.15, 0.2) is 0 Å². The molecule has 0 aromatic heterocycles. The predicted molar refractivity (Wildman–Crippen MR) is 68.3 cm³/mol. The van der Waals surface area contributed by atoms with Crippen molar-refractivity contribution in [2.75, 3.05) is 0 Å². The molecular weight excluding hydrogens is 194 g/mol. The Kier molecular flexibility index (Phi) is 2.99. The highest BCUT2D eigenvalue weighted by Gasteiger charge is 2.43. The summed E-state index contributed by atoms with van der Waals surface area (Å²) in [6, 6.07) is 1.72. The average molecular weight is 221 g/mol. The third kappa shape index (κ3) is 2.30. The quantitative estimate of drug-likeness (QED) is 0.765. The van der Waals surface area contributed by atoms with Crippen LogP contribution in [0.25, 0.3) is 0 Å². The molecule has 0 heterocycles. The lowest BCUT2D eigenvalue weighted by Gasteiger charge is -2.38. The molecule has 0 amide bonds. The summed E-state index contributed by atoms with van der Waals surface area (Å²) in [5.41, 5.74) is 0. The summed E-state index contributed by atoms with van der Waals surface area (Å²) < 4.78 is 0. The van der Waals surface area contributed by atoms with Crippen molar-refractivity contribution in [2.45, 2.75) is 70.9 Å². The van der Waals surface area contributed by atoms with E-state index in [1.807, 2.05) is 0 Å². The van der Waals surface area contributed by atoms with Crippen LogP contribution in [0.3, 0.4) is 0 Å². The Balaban J connectivity index is 1.61. The van der Waals surface area contributed by atoms with Crippen molar-refractivity contribution in [2.24, 2.45) is 23.7 Å². The van der Waals surface area contributed by atoms with Crippen molar-refractivity contribution < 1.29 is 0 Å². The van der Waals surface area contributed by atoms with Gasteiger partial charge in [-0.3, -0.25) is 0 Å². The van der Waals surface area contributed by atoms with Crippen molar-refractivity contribution in [3.8, 4) is 0 Å². The first kappa shape index (κ1) is 11.1. The zero-order valence-electron chi connectivity index (χ0n) is 10.9. The Bertz CT molecular complexity index is 220. The third-order valence-corrected chi connectivity index (χ3v) is 5.19. The topological polar surface area (TPSA) is 12.0 Å². The smallest absolute Gasteiger partial charge is 0.0126 e. The highest BCUT2D eigenvalue weighted by molar-refractivity contribution is 4.99. The Hall–Kier alpha value is -0.0400. The average Bonchev–Trinajstić information content (AvgIpc) is 3.12. The molecule has 0 spiro atoms. The zero-order valence-corrected chi connectivity index (χ0v) is 10.9. The largest absolute Gasteiger partial charge is 0.310 e. The van der Waals surface area contributed by atoms with E-state index < -0.39 is 0 Å². The van der Waals surface area contributed by atoms with Crippen molar-refractivity contribution in [1.29, 1.82) is 0 Å². The SMILES string of the molecule is CC1CCCC(C)C1NC(C1CC1)C1CC1. The molecule has 0 aromatic rings. The number of hydrogen-bond donors (Lipinski definition) is 1. The fourth-order valence-electron chi connectivity index (χ4n) is 3.80. The van der Waals surface area contributed by atoms with E-state index in [4.69, 9.17) is 0 Å². The van der Waals surface area contributed by atoms with E-state index in [0.29, 0.717) is 0 Å². The Morgan fingerprint density at radius 2 is 1.31 bits per heavy atom.